The van der Waals surface area contributed by atoms with E-state index >= 15 is 0 Å². The van der Waals surface area contributed by atoms with Crippen molar-refractivity contribution in [3.05, 3.63) is 91.7 Å². The van der Waals surface area contributed by atoms with Gasteiger partial charge in [0, 0.05) is 34.5 Å². The Bertz CT molecular complexity index is 1580. The zero-order valence-electron chi connectivity index (χ0n) is 21.5. The summed E-state index contributed by atoms with van der Waals surface area (Å²) in [6.45, 7) is 8.10. The second-order valence-corrected chi connectivity index (χ2v) is 10.7. The molecule has 2 aromatic heterocycles. The van der Waals surface area contributed by atoms with E-state index in [1.807, 2.05) is 52.0 Å². The zero-order chi connectivity index (χ0) is 27.1. The normalized spacial score (nSPS) is 15.0. The number of nitrogens with one attached hydrogen (secondary N) is 2. The van der Waals surface area contributed by atoms with E-state index < -0.39 is 0 Å². The number of fused-ring (bicyclic) bond motifs is 1. The number of H-pyrrole nitrogens is 1. The number of halogens is 2. The van der Waals surface area contributed by atoms with E-state index in [2.05, 4.69) is 15.3 Å². The minimum absolute atomic E-state index is 0.0358. The molecule has 0 aliphatic carbocycles. The van der Waals surface area contributed by atoms with Crippen molar-refractivity contribution in [1.29, 1.82) is 0 Å². The van der Waals surface area contributed by atoms with E-state index in [4.69, 9.17) is 28.2 Å². The van der Waals surface area contributed by atoms with Crippen LogP contribution < -0.4 is 10.9 Å². The average Bonchev–Trinajstić information content (AvgIpc) is 3.31. The minimum atomic E-state index is -0.207. The van der Waals surface area contributed by atoms with Crippen molar-refractivity contribution in [3.63, 3.8) is 0 Å². The van der Waals surface area contributed by atoms with Gasteiger partial charge in [-0.15, -0.1) is 0 Å². The standard InChI is InChI=1S/C28H28Cl2N6O2/c1-15(2)33-28-34-24-13-35(26(37)19-7-10-22(29)23(30)12-19)16(3)11-21(24)27(38)36(28)20-8-5-18(6-9-20)25-17(4)31-14-32-25/h5-10,12,14-16H,11,13H2,1-4H3,(H,31,32)(H,33,34)/t16-/m1/s1. The summed E-state index contributed by atoms with van der Waals surface area (Å²) in [5, 5.41) is 4.02. The molecule has 2 aromatic carbocycles. The summed E-state index contributed by atoms with van der Waals surface area (Å²) >= 11 is 12.2. The molecule has 1 aliphatic heterocycles. The van der Waals surface area contributed by atoms with E-state index in [1.54, 1.807) is 34.0 Å². The summed E-state index contributed by atoms with van der Waals surface area (Å²) in [6, 6.07) is 12.4. The molecule has 38 heavy (non-hydrogen) atoms. The van der Waals surface area contributed by atoms with E-state index in [-0.39, 0.29) is 30.1 Å². The van der Waals surface area contributed by atoms with Gasteiger partial charge < -0.3 is 15.2 Å². The number of hydrogen-bond acceptors (Lipinski definition) is 5. The number of benzene rings is 2. The Hall–Kier alpha value is -3.62. The van der Waals surface area contributed by atoms with Gasteiger partial charge in [-0.25, -0.2) is 14.5 Å². The topological polar surface area (TPSA) is 95.9 Å². The highest BCUT2D eigenvalue weighted by molar-refractivity contribution is 6.42. The zero-order valence-corrected chi connectivity index (χ0v) is 23.1. The Morgan fingerprint density at radius 2 is 1.87 bits per heavy atom. The number of rotatable bonds is 5. The molecule has 8 nitrogen and oxygen atoms in total. The van der Waals surface area contributed by atoms with Crippen LogP contribution in [0.2, 0.25) is 10.0 Å². The van der Waals surface area contributed by atoms with Gasteiger partial charge >= 0.3 is 0 Å². The van der Waals surface area contributed by atoms with Crippen molar-refractivity contribution in [2.75, 3.05) is 5.32 Å². The molecule has 0 fully saturated rings. The van der Waals surface area contributed by atoms with Crippen LogP contribution in [0.5, 0.6) is 0 Å². The number of nitrogens with zero attached hydrogens (tertiary/aromatic N) is 4. The summed E-state index contributed by atoms with van der Waals surface area (Å²) in [6.07, 6.45) is 2.05. The first-order valence-electron chi connectivity index (χ1n) is 12.4. The quantitative estimate of drug-likeness (QED) is 0.335. The molecule has 2 N–H and O–H groups in total. The molecule has 0 saturated heterocycles. The van der Waals surface area contributed by atoms with E-state index in [1.165, 1.54) is 0 Å². The fourth-order valence-electron chi connectivity index (χ4n) is 4.74. The van der Waals surface area contributed by atoms with E-state index in [0.717, 1.165) is 17.0 Å². The van der Waals surface area contributed by atoms with Gasteiger partial charge in [-0.3, -0.25) is 9.59 Å². The molecule has 1 aliphatic rings. The molecular formula is C28H28Cl2N6O2. The molecule has 4 aromatic rings. The van der Waals surface area contributed by atoms with Crippen molar-refractivity contribution in [3.8, 4) is 16.9 Å². The third-order valence-electron chi connectivity index (χ3n) is 6.69. The van der Waals surface area contributed by atoms with Gasteiger partial charge in [0.1, 0.15) is 0 Å². The van der Waals surface area contributed by atoms with Gasteiger partial charge in [-0.1, -0.05) is 35.3 Å². The van der Waals surface area contributed by atoms with Crippen LogP contribution in [0.4, 0.5) is 5.95 Å². The molecule has 0 bridgehead atoms. The monoisotopic (exact) mass is 550 g/mol. The lowest BCUT2D eigenvalue weighted by Gasteiger charge is -2.34. The Labute approximate surface area is 230 Å². The number of carbonyl (C=O) groups excluding carboxylic acids is 1. The molecule has 0 spiro atoms. The second-order valence-electron chi connectivity index (χ2n) is 9.84. The van der Waals surface area contributed by atoms with Gasteiger partial charge in [0.15, 0.2) is 0 Å². The predicted octanol–water partition coefficient (Wildman–Crippen LogP) is 5.65. The van der Waals surface area contributed by atoms with Crippen molar-refractivity contribution in [2.24, 2.45) is 0 Å². The molecule has 5 rings (SSSR count). The lowest BCUT2D eigenvalue weighted by molar-refractivity contribution is 0.0653. The summed E-state index contributed by atoms with van der Waals surface area (Å²) in [4.78, 5) is 41.3. The van der Waals surface area contributed by atoms with Crippen LogP contribution in [0.25, 0.3) is 16.9 Å². The fourth-order valence-corrected chi connectivity index (χ4v) is 5.04. The minimum Gasteiger partial charge on any atom is -0.353 e. The third-order valence-corrected chi connectivity index (χ3v) is 7.43. The predicted molar refractivity (Wildman–Crippen MR) is 150 cm³/mol. The summed E-state index contributed by atoms with van der Waals surface area (Å²) < 4.78 is 1.61. The van der Waals surface area contributed by atoms with Crippen molar-refractivity contribution < 1.29 is 4.79 Å². The van der Waals surface area contributed by atoms with Crippen LogP contribution in [0.3, 0.4) is 0 Å². The molecule has 0 radical (unpaired) electrons. The summed E-state index contributed by atoms with van der Waals surface area (Å²) in [5.41, 5.74) is 4.99. The first-order valence-corrected chi connectivity index (χ1v) is 13.2. The van der Waals surface area contributed by atoms with Crippen LogP contribution in [-0.4, -0.2) is 42.4 Å². The second kappa shape index (κ2) is 10.3. The van der Waals surface area contributed by atoms with Crippen LogP contribution in [-0.2, 0) is 13.0 Å². The third kappa shape index (κ3) is 4.81. The lowest BCUT2D eigenvalue weighted by atomic mass is 9.98. The van der Waals surface area contributed by atoms with Crippen molar-refractivity contribution in [2.45, 2.75) is 52.7 Å². The SMILES string of the molecule is Cc1[nH]cnc1-c1ccc(-n2c(NC(C)C)nc3c(c2=O)C[C@@H](C)N(C(=O)c2ccc(Cl)c(Cl)c2)C3)cc1. The molecule has 1 atom stereocenters. The number of aromatic amines is 1. The smallest absolute Gasteiger partial charge is 0.263 e. The largest absolute Gasteiger partial charge is 0.353 e. The maximum Gasteiger partial charge on any atom is 0.263 e. The first kappa shape index (κ1) is 26.0. The van der Waals surface area contributed by atoms with E-state index in [0.29, 0.717) is 44.9 Å². The van der Waals surface area contributed by atoms with E-state index in [9.17, 15) is 9.59 Å². The van der Waals surface area contributed by atoms with Crippen molar-refractivity contribution >= 4 is 35.1 Å². The molecule has 196 valence electrons. The Morgan fingerprint density at radius 1 is 1.13 bits per heavy atom. The molecule has 0 saturated carbocycles. The molecule has 10 heteroatoms. The summed E-state index contributed by atoms with van der Waals surface area (Å²) in [5.74, 6) is 0.249. The Kier molecular flexibility index (Phi) is 7.03. The number of imidazole rings is 1. The maximum absolute atomic E-state index is 13.9. The van der Waals surface area contributed by atoms with Gasteiger partial charge in [0.25, 0.3) is 11.5 Å². The average molecular weight is 551 g/mol. The van der Waals surface area contributed by atoms with Crippen LogP contribution in [0.1, 0.15) is 48.1 Å². The number of hydrogen-bond donors (Lipinski definition) is 2. The van der Waals surface area contributed by atoms with Gasteiger partial charge in [0.05, 0.1) is 40.0 Å². The number of aryl methyl sites for hydroxylation is 1. The number of aromatic nitrogens is 4. The Balaban J connectivity index is 1.54. The van der Waals surface area contributed by atoms with Crippen LogP contribution in [0, 0.1) is 6.92 Å². The van der Waals surface area contributed by atoms with Crippen LogP contribution in [0.15, 0.2) is 53.6 Å². The highest BCUT2D eigenvalue weighted by Gasteiger charge is 2.32. The summed E-state index contributed by atoms with van der Waals surface area (Å²) in [7, 11) is 0. The molecule has 3 heterocycles. The maximum atomic E-state index is 13.9. The lowest BCUT2D eigenvalue weighted by Crippen LogP contribution is -2.46. The first-order chi connectivity index (χ1) is 18.1. The fraction of sp³-hybridized carbons (Fsp3) is 0.286. The number of carbonyl (C=O) groups is 1. The highest BCUT2D eigenvalue weighted by atomic mass is 35.5. The number of amides is 1. The molecule has 1 amide bonds. The number of anilines is 1. The highest BCUT2D eigenvalue weighted by Crippen LogP contribution is 2.28. The van der Waals surface area contributed by atoms with Crippen LogP contribution >= 0.6 is 23.2 Å². The van der Waals surface area contributed by atoms with Gasteiger partial charge in [-0.05, 0) is 64.4 Å². The van der Waals surface area contributed by atoms with Gasteiger partial charge in [0.2, 0.25) is 5.95 Å². The molecule has 0 unspecified atom stereocenters. The molecular weight excluding hydrogens is 523 g/mol. The van der Waals surface area contributed by atoms with Crippen molar-refractivity contribution in [1.82, 2.24) is 24.4 Å². The van der Waals surface area contributed by atoms with Gasteiger partial charge in [-0.2, -0.15) is 0 Å². The Morgan fingerprint density at radius 3 is 2.50 bits per heavy atom.